The highest BCUT2D eigenvalue weighted by atomic mass is 35.5. The molecule has 0 unspecified atom stereocenters. The Bertz CT molecular complexity index is 884. The van der Waals surface area contributed by atoms with Gasteiger partial charge in [0.2, 0.25) is 0 Å². The molecule has 24 heavy (non-hydrogen) atoms. The van der Waals surface area contributed by atoms with Crippen LogP contribution in [-0.4, -0.2) is 26.1 Å². The van der Waals surface area contributed by atoms with Gasteiger partial charge < -0.3 is 5.11 Å². The number of carboxylic acids is 1. The summed E-state index contributed by atoms with van der Waals surface area (Å²) < 4.78 is 1.42. The highest BCUT2D eigenvalue weighted by Crippen LogP contribution is 2.29. The van der Waals surface area contributed by atoms with Crippen LogP contribution in [0.2, 0.25) is 10.0 Å². The predicted molar refractivity (Wildman–Crippen MR) is 94.3 cm³/mol. The Kier molecular flexibility index (Phi) is 5.08. The van der Waals surface area contributed by atoms with Crippen LogP contribution >= 0.6 is 35.0 Å². The minimum Gasteiger partial charge on any atom is -0.476 e. The van der Waals surface area contributed by atoms with Gasteiger partial charge in [0, 0.05) is 15.7 Å². The number of carbonyl (C=O) groups is 1. The lowest BCUT2D eigenvalue weighted by Gasteiger charge is -2.09. The van der Waals surface area contributed by atoms with Crippen molar-refractivity contribution in [3.05, 3.63) is 70.0 Å². The molecule has 0 aliphatic heterocycles. The average molecular weight is 380 g/mol. The van der Waals surface area contributed by atoms with Gasteiger partial charge in [0.05, 0.1) is 16.4 Å². The van der Waals surface area contributed by atoms with E-state index in [-0.39, 0.29) is 5.69 Å². The summed E-state index contributed by atoms with van der Waals surface area (Å²) in [6, 6.07) is 14.6. The number of hydrogen-bond donors (Lipinski definition) is 1. The van der Waals surface area contributed by atoms with Gasteiger partial charge >= 0.3 is 5.97 Å². The molecule has 3 rings (SSSR count). The maximum Gasteiger partial charge on any atom is 0.358 e. The molecule has 0 saturated carbocycles. The van der Waals surface area contributed by atoms with Crippen molar-refractivity contribution < 1.29 is 9.90 Å². The predicted octanol–water partition coefficient (Wildman–Crippen LogP) is 4.56. The lowest BCUT2D eigenvalue weighted by atomic mass is 10.3. The second-order valence-corrected chi connectivity index (χ2v) is 6.69. The van der Waals surface area contributed by atoms with Crippen molar-refractivity contribution >= 4 is 40.9 Å². The van der Waals surface area contributed by atoms with Crippen LogP contribution in [0.15, 0.2) is 53.4 Å². The summed E-state index contributed by atoms with van der Waals surface area (Å²) in [5.74, 6) is -0.760. The molecule has 8 heteroatoms. The van der Waals surface area contributed by atoms with E-state index in [4.69, 9.17) is 23.2 Å². The SMILES string of the molecule is O=C(O)c1nnn(-c2cc(Cl)ccc2Cl)c1CSc1ccccc1. The summed E-state index contributed by atoms with van der Waals surface area (Å²) in [5.41, 5.74) is 0.836. The molecule has 0 saturated heterocycles. The number of benzene rings is 2. The Balaban J connectivity index is 2.01. The summed E-state index contributed by atoms with van der Waals surface area (Å²) >= 11 is 13.7. The first-order valence-electron chi connectivity index (χ1n) is 6.87. The summed E-state index contributed by atoms with van der Waals surface area (Å²) in [5, 5.41) is 18.0. The molecule has 0 bridgehead atoms. The van der Waals surface area contributed by atoms with E-state index in [0.29, 0.717) is 27.2 Å². The monoisotopic (exact) mass is 379 g/mol. The molecule has 0 fully saturated rings. The number of nitrogens with zero attached hydrogens (tertiary/aromatic N) is 3. The standard InChI is InChI=1S/C16H11Cl2N3O2S/c17-10-6-7-12(18)13(8-10)21-14(15(16(22)23)19-20-21)9-24-11-4-2-1-3-5-11/h1-8H,9H2,(H,22,23). The molecule has 0 aliphatic carbocycles. The molecule has 2 aromatic carbocycles. The van der Waals surface area contributed by atoms with Gasteiger partial charge in [-0.1, -0.05) is 46.6 Å². The number of rotatable bonds is 5. The fourth-order valence-electron chi connectivity index (χ4n) is 2.11. The second-order valence-electron chi connectivity index (χ2n) is 4.80. The number of hydrogen-bond acceptors (Lipinski definition) is 4. The number of aromatic carboxylic acids is 1. The van der Waals surface area contributed by atoms with Crippen LogP contribution in [0, 0.1) is 0 Å². The number of aromatic nitrogens is 3. The topological polar surface area (TPSA) is 68.0 Å². The molecule has 122 valence electrons. The minimum absolute atomic E-state index is 0.102. The zero-order valence-electron chi connectivity index (χ0n) is 12.2. The maximum absolute atomic E-state index is 11.4. The van der Waals surface area contributed by atoms with Crippen LogP contribution in [0.5, 0.6) is 0 Å². The summed E-state index contributed by atoms with van der Waals surface area (Å²) in [7, 11) is 0. The first kappa shape index (κ1) is 16.8. The number of halogens is 2. The fraction of sp³-hybridized carbons (Fsp3) is 0.0625. The third kappa shape index (κ3) is 3.56. The minimum atomic E-state index is -1.14. The van der Waals surface area contributed by atoms with Crippen molar-refractivity contribution in [1.29, 1.82) is 0 Å². The Morgan fingerprint density at radius 3 is 2.62 bits per heavy atom. The van der Waals surface area contributed by atoms with E-state index in [2.05, 4.69) is 10.3 Å². The van der Waals surface area contributed by atoms with E-state index in [1.807, 2.05) is 30.3 Å². The highest BCUT2D eigenvalue weighted by Gasteiger charge is 2.21. The van der Waals surface area contributed by atoms with Crippen molar-refractivity contribution in [2.75, 3.05) is 0 Å². The molecule has 3 aromatic rings. The first-order valence-corrected chi connectivity index (χ1v) is 8.61. The lowest BCUT2D eigenvalue weighted by molar-refractivity contribution is 0.0689. The van der Waals surface area contributed by atoms with E-state index in [1.165, 1.54) is 16.4 Å². The molecular formula is C16H11Cl2N3O2S. The van der Waals surface area contributed by atoms with Gasteiger partial charge in [0.25, 0.3) is 0 Å². The van der Waals surface area contributed by atoms with Gasteiger partial charge in [0.15, 0.2) is 5.69 Å². The van der Waals surface area contributed by atoms with Crippen LogP contribution in [0.1, 0.15) is 16.2 Å². The molecule has 0 radical (unpaired) electrons. The molecule has 1 N–H and O–H groups in total. The largest absolute Gasteiger partial charge is 0.476 e. The van der Waals surface area contributed by atoms with Gasteiger partial charge in [-0.15, -0.1) is 16.9 Å². The van der Waals surface area contributed by atoms with Crippen LogP contribution < -0.4 is 0 Å². The van der Waals surface area contributed by atoms with E-state index < -0.39 is 5.97 Å². The summed E-state index contributed by atoms with van der Waals surface area (Å²) in [6.45, 7) is 0. The van der Waals surface area contributed by atoms with Gasteiger partial charge in [-0.25, -0.2) is 9.48 Å². The zero-order chi connectivity index (χ0) is 17.1. The van der Waals surface area contributed by atoms with Crippen molar-refractivity contribution in [1.82, 2.24) is 15.0 Å². The molecule has 0 spiro atoms. The molecule has 1 aromatic heterocycles. The smallest absolute Gasteiger partial charge is 0.358 e. The van der Waals surface area contributed by atoms with Crippen LogP contribution in [0.3, 0.4) is 0 Å². The van der Waals surface area contributed by atoms with Crippen molar-refractivity contribution in [2.24, 2.45) is 0 Å². The molecular weight excluding hydrogens is 369 g/mol. The Morgan fingerprint density at radius 2 is 1.92 bits per heavy atom. The third-order valence-electron chi connectivity index (χ3n) is 3.22. The second kappa shape index (κ2) is 7.25. The molecule has 1 heterocycles. The van der Waals surface area contributed by atoms with E-state index in [1.54, 1.807) is 18.2 Å². The third-order valence-corrected chi connectivity index (χ3v) is 4.80. The van der Waals surface area contributed by atoms with Crippen molar-refractivity contribution in [3.63, 3.8) is 0 Å². The molecule has 0 aliphatic rings. The van der Waals surface area contributed by atoms with Gasteiger partial charge in [-0.05, 0) is 30.3 Å². The van der Waals surface area contributed by atoms with Crippen LogP contribution in [0.25, 0.3) is 5.69 Å². The Morgan fingerprint density at radius 1 is 1.17 bits per heavy atom. The highest BCUT2D eigenvalue weighted by molar-refractivity contribution is 7.98. The quantitative estimate of drug-likeness (QED) is 0.657. The van der Waals surface area contributed by atoms with E-state index >= 15 is 0 Å². The van der Waals surface area contributed by atoms with Crippen molar-refractivity contribution in [2.45, 2.75) is 10.6 Å². The maximum atomic E-state index is 11.4. The van der Waals surface area contributed by atoms with Gasteiger partial charge in [-0.3, -0.25) is 0 Å². The average Bonchev–Trinajstić information content (AvgIpc) is 3.00. The fourth-order valence-corrected chi connectivity index (χ4v) is 3.38. The van der Waals surface area contributed by atoms with Crippen LogP contribution in [0.4, 0.5) is 0 Å². The molecule has 0 atom stereocenters. The van der Waals surface area contributed by atoms with Crippen molar-refractivity contribution in [3.8, 4) is 5.69 Å². The normalized spacial score (nSPS) is 10.8. The van der Waals surface area contributed by atoms with Gasteiger partial charge in [0.1, 0.15) is 0 Å². The van der Waals surface area contributed by atoms with E-state index in [0.717, 1.165) is 4.90 Å². The van der Waals surface area contributed by atoms with Gasteiger partial charge in [-0.2, -0.15) is 0 Å². The lowest BCUT2D eigenvalue weighted by Crippen LogP contribution is -2.06. The summed E-state index contributed by atoms with van der Waals surface area (Å²) in [6.07, 6.45) is 0. The molecule has 0 amide bonds. The zero-order valence-corrected chi connectivity index (χ0v) is 14.5. The molecule has 5 nitrogen and oxygen atoms in total. The van der Waals surface area contributed by atoms with Crippen LogP contribution in [-0.2, 0) is 5.75 Å². The Labute approximate surface area is 152 Å². The number of thioether (sulfide) groups is 1. The Hall–Kier alpha value is -2.02. The van der Waals surface area contributed by atoms with E-state index in [9.17, 15) is 9.90 Å². The number of carboxylic acid groups (broad SMARTS) is 1. The first-order chi connectivity index (χ1) is 11.6. The summed E-state index contributed by atoms with van der Waals surface area (Å²) in [4.78, 5) is 12.5.